The number of piperidine rings is 1. The number of nitrogens with two attached hydrogens (primary N) is 1. The van der Waals surface area contributed by atoms with E-state index >= 15 is 0 Å². The second kappa shape index (κ2) is 6.72. The van der Waals surface area contributed by atoms with E-state index < -0.39 is 41.1 Å². The van der Waals surface area contributed by atoms with Gasteiger partial charge in [0.05, 0.1) is 17.8 Å². The summed E-state index contributed by atoms with van der Waals surface area (Å²) in [6.45, 7) is 0.796. The van der Waals surface area contributed by atoms with Gasteiger partial charge in [-0.15, -0.1) is 0 Å². The Bertz CT molecular complexity index is 1110. The summed E-state index contributed by atoms with van der Waals surface area (Å²) in [6, 6.07) is 3.99. The average Bonchev–Trinajstić information content (AvgIpc) is 3.06. The minimum atomic E-state index is -4.59. The number of nitrogens with zero attached hydrogens (tertiary/aromatic N) is 1. The van der Waals surface area contributed by atoms with Crippen LogP contribution in [0.2, 0.25) is 0 Å². The Balaban J connectivity index is 1.56. The number of alkyl halides is 3. The van der Waals surface area contributed by atoms with Gasteiger partial charge in [-0.2, -0.15) is 13.2 Å². The van der Waals surface area contributed by atoms with Gasteiger partial charge in [-0.3, -0.25) is 0 Å². The number of anilines is 1. The summed E-state index contributed by atoms with van der Waals surface area (Å²) in [4.78, 5) is 2.32. The highest BCUT2D eigenvalue weighted by atomic mass is 19.4. The van der Waals surface area contributed by atoms with Crippen LogP contribution in [0.3, 0.4) is 0 Å². The van der Waals surface area contributed by atoms with Crippen LogP contribution in [0.25, 0.3) is 0 Å². The summed E-state index contributed by atoms with van der Waals surface area (Å²) in [5, 5.41) is 22.2. The fourth-order valence-electron chi connectivity index (χ4n) is 7.31. The summed E-state index contributed by atoms with van der Waals surface area (Å²) < 4.78 is 48.4. The Labute approximate surface area is 190 Å². The van der Waals surface area contributed by atoms with Gasteiger partial charge in [0.25, 0.3) is 0 Å². The lowest BCUT2D eigenvalue weighted by atomic mass is 9.50. The van der Waals surface area contributed by atoms with E-state index in [9.17, 15) is 23.4 Å². The number of aliphatic hydroxyl groups is 2. The van der Waals surface area contributed by atoms with Gasteiger partial charge in [-0.05, 0) is 55.3 Å². The maximum atomic E-state index is 13.9. The summed E-state index contributed by atoms with van der Waals surface area (Å²) in [5.41, 5.74) is 4.92. The van der Waals surface area contributed by atoms with E-state index in [4.69, 9.17) is 10.5 Å². The lowest BCUT2D eigenvalue weighted by molar-refractivity contribution is -0.145. The minimum absolute atomic E-state index is 0.0296. The molecule has 2 saturated heterocycles. The molecule has 7 atom stereocenters. The van der Waals surface area contributed by atoms with Crippen LogP contribution in [0.5, 0.6) is 0 Å². The number of halogens is 3. The lowest BCUT2D eigenvalue weighted by Crippen LogP contribution is -2.62. The Morgan fingerprint density at radius 2 is 2.00 bits per heavy atom. The van der Waals surface area contributed by atoms with Gasteiger partial charge in [0.2, 0.25) is 0 Å². The van der Waals surface area contributed by atoms with E-state index in [1.54, 1.807) is 12.2 Å². The molecule has 0 aromatic heterocycles. The topological polar surface area (TPSA) is 79.0 Å². The molecule has 0 radical (unpaired) electrons. The molecule has 1 spiro atoms. The molecule has 1 aromatic carbocycles. The second-order valence-corrected chi connectivity index (χ2v) is 10.2. The molecule has 8 heteroatoms. The average molecular weight is 460 g/mol. The van der Waals surface area contributed by atoms with Crippen molar-refractivity contribution in [1.29, 1.82) is 0 Å². The molecule has 2 unspecified atom stereocenters. The molecule has 2 fully saturated rings. The van der Waals surface area contributed by atoms with E-state index in [0.717, 1.165) is 30.2 Å². The van der Waals surface area contributed by atoms with Gasteiger partial charge < -0.3 is 25.6 Å². The van der Waals surface area contributed by atoms with Crippen molar-refractivity contribution < 1.29 is 28.1 Å². The van der Waals surface area contributed by atoms with Crippen molar-refractivity contribution in [1.82, 2.24) is 4.90 Å². The molecule has 1 aromatic rings. The Morgan fingerprint density at radius 1 is 1.21 bits per heavy atom. The molecule has 5 nitrogen and oxygen atoms in total. The van der Waals surface area contributed by atoms with Crippen LogP contribution in [0.1, 0.15) is 24.0 Å². The van der Waals surface area contributed by atoms with Crippen molar-refractivity contribution in [2.24, 2.45) is 11.3 Å². The number of aliphatic hydroxyl groups excluding tert-OH is 2. The molecule has 2 bridgehead atoms. The quantitative estimate of drug-likeness (QED) is 0.467. The standard InChI is InChI=1S/C25H27F3N2O3/c1-30-9-8-23-16-5-6-19(31)22(23)33-24(20(32)7-3-13(21(23)24)10-18(16)30)12-14-2-4-15(29)11-17(14)25(26,27)28/h2-7,11,16,18-20,22,31-32H,8-10,12,29H2,1H3/t16-,18+,19-,20?,22-,23-,24?/m0/s1. The normalized spacial score (nSPS) is 41.5. The molecule has 2 heterocycles. The monoisotopic (exact) mass is 460 g/mol. The molecule has 2 aliphatic heterocycles. The van der Waals surface area contributed by atoms with Gasteiger partial charge in [0.1, 0.15) is 11.7 Å². The predicted octanol–water partition coefficient (Wildman–Crippen LogP) is 2.84. The summed E-state index contributed by atoms with van der Waals surface area (Å²) in [7, 11) is 2.09. The number of nitrogen functional groups attached to an aromatic ring is 1. The van der Waals surface area contributed by atoms with Crippen molar-refractivity contribution in [3.8, 4) is 0 Å². The maximum absolute atomic E-state index is 13.9. The van der Waals surface area contributed by atoms with E-state index in [1.807, 2.05) is 6.08 Å². The number of allylic oxidation sites excluding steroid dienone is 1. The van der Waals surface area contributed by atoms with Gasteiger partial charge in [-0.25, -0.2) is 0 Å². The number of rotatable bonds is 2. The number of likely N-dealkylation sites (tertiary alicyclic amines) is 1. The molecule has 33 heavy (non-hydrogen) atoms. The first-order chi connectivity index (χ1) is 15.6. The number of ether oxygens (including phenoxy) is 1. The zero-order valence-corrected chi connectivity index (χ0v) is 18.2. The first-order valence-corrected chi connectivity index (χ1v) is 11.4. The fourth-order valence-corrected chi connectivity index (χ4v) is 7.31. The van der Waals surface area contributed by atoms with Crippen LogP contribution >= 0.6 is 0 Å². The molecule has 0 saturated carbocycles. The first kappa shape index (κ1) is 21.4. The fraction of sp³-hybridized carbons (Fsp3) is 0.520. The Kier molecular flexibility index (Phi) is 4.36. The highest BCUT2D eigenvalue weighted by Crippen LogP contribution is 2.67. The van der Waals surface area contributed by atoms with Gasteiger partial charge in [0, 0.05) is 29.5 Å². The summed E-state index contributed by atoms with van der Waals surface area (Å²) in [5.74, 6) is 0.0671. The number of hydrogen-bond donors (Lipinski definition) is 3. The minimum Gasteiger partial charge on any atom is -0.399 e. The summed E-state index contributed by atoms with van der Waals surface area (Å²) >= 11 is 0. The SMILES string of the molecule is CN1CC[C@]23C4=C5C=CC(O)C4(Cc4ccc(N)cc4C(F)(F)F)O[C@H]2[C@@H](O)C=C[C@H]3[C@H]1C5. The van der Waals surface area contributed by atoms with E-state index in [0.29, 0.717) is 6.42 Å². The third kappa shape index (κ3) is 2.69. The van der Waals surface area contributed by atoms with Crippen LogP contribution in [0.15, 0.2) is 53.6 Å². The lowest BCUT2D eigenvalue weighted by Gasteiger charge is -2.58. The van der Waals surface area contributed by atoms with Gasteiger partial charge >= 0.3 is 6.18 Å². The van der Waals surface area contributed by atoms with Crippen LogP contribution in [0.4, 0.5) is 18.9 Å². The Hall–Kier alpha value is -2.13. The van der Waals surface area contributed by atoms with Crippen molar-refractivity contribution in [2.75, 3.05) is 19.3 Å². The largest absolute Gasteiger partial charge is 0.416 e. The molecule has 5 aliphatic rings. The second-order valence-electron chi connectivity index (χ2n) is 10.2. The van der Waals surface area contributed by atoms with Crippen LogP contribution in [0, 0.1) is 11.3 Å². The van der Waals surface area contributed by atoms with Gasteiger partial charge in [0.15, 0.2) is 0 Å². The van der Waals surface area contributed by atoms with Crippen molar-refractivity contribution in [3.05, 3.63) is 64.8 Å². The van der Waals surface area contributed by atoms with Crippen LogP contribution in [-0.4, -0.2) is 58.7 Å². The van der Waals surface area contributed by atoms with Crippen molar-refractivity contribution >= 4 is 5.69 Å². The van der Waals surface area contributed by atoms with Gasteiger partial charge in [-0.1, -0.05) is 30.4 Å². The zero-order valence-electron chi connectivity index (χ0n) is 18.2. The van der Waals surface area contributed by atoms with Crippen LogP contribution < -0.4 is 5.73 Å². The third-order valence-electron chi connectivity index (χ3n) is 8.61. The highest BCUT2D eigenvalue weighted by molar-refractivity contribution is 5.55. The predicted molar refractivity (Wildman–Crippen MR) is 116 cm³/mol. The van der Waals surface area contributed by atoms with Crippen LogP contribution in [-0.2, 0) is 17.3 Å². The zero-order chi connectivity index (χ0) is 23.3. The first-order valence-electron chi connectivity index (χ1n) is 11.4. The molecule has 0 amide bonds. The molecular weight excluding hydrogens is 433 g/mol. The Morgan fingerprint density at radius 3 is 2.76 bits per heavy atom. The molecule has 4 N–H and O–H groups in total. The molecule has 3 aliphatic carbocycles. The molecule has 6 rings (SSSR count). The smallest absolute Gasteiger partial charge is 0.399 e. The maximum Gasteiger partial charge on any atom is 0.416 e. The molecular formula is C25H27F3N2O3. The van der Waals surface area contributed by atoms with Crippen molar-refractivity contribution in [3.63, 3.8) is 0 Å². The van der Waals surface area contributed by atoms with E-state index in [2.05, 4.69) is 18.0 Å². The van der Waals surface area contributed by atoms with E-state index in [1.165, 1.54) is 12.1 Å². The number of benzene rings is 1. The summed E-state index contributed by atoms with van der Waals surface area (Å²) in [6.07, 6.45) is 1.42. The molecule has 176 valence electrons. The third-order valence-corrected chi connectivity index (χ3v) is 8.61. The number of hydrogen-bond acceptors (Lipinski definition) is 5. The van der Waals surface area contributed by atoms with Crippen molar-refractivity contribution in [2.45, 2.75) is 55.4 Å². The highest BCUT2D eigenvalue weighted by Gasteiger charge is 2.71. The van der Waals surface area contributed by atoms with E-state index in [-0.39, 0.29) is 29.6 Å².